The summed E-state index contributed by atoms with van der Waals surface area (Å²) < 4.78 is 0. The summed E-state index contributed by atoms with van der Waals surface area (Å²) in [5.74, 6) is -0.556. The first-order valence-electron chi connectivity index (χ1n) is 10.3. The minimum absolute atomic E-state index is 0.119. The van der Waals surface area contributed by atoms with Gasteiger partial charge >= 0.3 is 6.03 Å². The summed E-state index contributed by atoms with van der Waals surface area (Å²) in [7, 11) is 0. The number of carbonyl (C=O) groups is 3. The molecule has 0 aliphatic carbocycles. The zero-order valence-electron chi connectivity index (χ0n) is 17.0. The number of fused-ring (bicyclic) bond motifs is 1. The predicted molar refractivity (Wildman–Crippen MR) is 115 cm³/mol. The number of rotatable bonds is 6. The van der Waals surface area contributed by atoms with Crippen LogP contribution in [0.4, 0.5) is 4.79 Å². The number of nitrogens with one attached hydrogen (secondary N) is 2. The molecule has 2 atom stereocenters. The van der Waals surface area contributed by atoms with E-state index in [1.165, 1.54) is 9.80 Å². The van der Waals surface area contributed by atoms with Gasteiger partial charge in [0.25, 0.3) is 0 Å². The molecule has 4 amide bonds. The number of urea groups is 1. The Morgan fingerprint density at radius 3 is 2.84 bits per heavy atom. The van der Waals surface area contributed by atoms with E-state index in [0.717, 1.165) is 17.5 Å². The highest BCUT2D eigenvalue weighted by Crippen LogP contribution is 2.25. The van der Waals surface area contributed by atoms with Crippen LogP contribution in [0, 0.1) is 0 Å². The normalized spacial score (nSPS) is 21.1. The Kier molecular flexibility index (Phi) is 6.48. The van der Waals surface area contributed by atoms with Crippen LogP contribution in [-0.2, 0) is 22.7 Å². The summed E-state index contributed by atoms with van der Waals surface area (Å²) in [6.45, 7) is 0.969. The number of amides is 4. The molecule has 0 spiro atoms. The van der Waals surface area contributed by atoms with Gasteiger partial charge in [0.05, 0.1) is 12.6 Å². The molecule has 2 fully saturated rings. The molecule has 2 saturated heterocycles. The van der Waals surface area contributed by atoms with Crippen molar-refractivity contribution in [3.63, 3.8) is 0 Å². The van der Waals surface area contributed by atoms with Crippen molar-refractivity contribution in [3.8, 4) is 0 Å². The van der Waals surface area contributed by atoms with Crippen molar-refractivity contribution in [2.45, 2.75) is 38.0 Å². The van der Waals surface area contributed by atoms with Crippen LogP contribution >= 0.6 is 11.6 Å². The lowest BCUT2D eigenvalue weighted by Gasteiger charge is -2.46. The zero-order valence-corrected chi connectivity index (χ0v) is 17.7. The molecule has 1 aromatic carbocycles. The first-order valence-corrected chi connectivity index (χ1v) is 10.7. The maximum atomic E-state index is 13.2. The molecule has 0 radical (unpaired) electrons. The van der Waals surface area contributed by atoms with Crippen LogP contribution in [-0.4, -0.2) is 57.8 Å². The van der Waals surface area contributed by atoms with Gasteiger partial charge in [-0.2, -0.15) is 0 Å². The number of hydrogen-bond donors (Lipinski definition) is 2. The molecular formula is C22H24ClN5O3. The van der Waals surface area contributed by atoms with Crippen molar-refractivity contribution in [3.05, 3.63) is 64.9 Å². The summed E-state index contributed by atoms with van der Waals surface area (Å²) >= 11 is 6.15. The van der Waals surface area contributed by atoms with Gasteiger partial charge in [-0.15, -0.1) is 0 Å². The number of piperidine rings is 1. The van der Waals surface area contributed by atoms with Crippen molar-refractivity contribution < 1.29 is 14.4 Å². The second-order valence-electron chi connectivity index (χ2n) is 7.71. The average molecular weight is 442 g/mol. The molecule has 2 aromatic rings. The molecule has 2 N–H and O–H groups in total. The average Bonchev–Trinajstić information content (AvgIpc) is 2.79. The third-order valence-electron chi connectivity index (χ3n) is 5.65. The molecule has 2 aliphatic rings. The minimum Gasteiger partial charge on any atom is -0.350 e. The van der Waals surface area contributed by atoms with E-state index in [4.69, 9.17) is 11.6 Å². The van der Waals surface area contributed by atoms with E-state index in [1.54, 1.807) is 24.5 Å². The van der Waals surface area contributed by atoms with Crippen LogP contribution in [0.25, 0.3) is 0 Å². The Morgan fingerprint density at radius 1 is 1.23 bits per heavy atom. The fourth-order valence-corrected chi connectivity index (χ4v) is 4.27. The maximum absolute atomic E-state index is 13.2. The topological polar surface area (TPSA) is 94.6 Å². The van der Waals surface area contributed by atoms with E-state index in [9.17, 15) is 14.4 Å². The lowest BCUT2D eigenvalue weighted by Crippen LogP contribution is -2.70. The van der Waals surface area contributed by atoms with Crippen LogP contribution < -0.4 is 10.6 Å². The quantitative estimate of drug-likeness (QED) is 0.714. The lowest BCUT2D eigenvalue weighted by molar-refractivity contribution is -0.139. The summed E-state index contributed by atoms with van der Waals surface area (Å²) in [6, 6.07) is 9.54. The molecule has 31 heavy (non-hydrogen) atoms. The van der Waals surface area contributed by atoms with Gasteiger partial charge in [0.15, 0.2) is 0 Å². The van der Waals surface area contributed by atoms with Gasteiger partial charge in [0.2, 0.25) is 11.8 Å². The third kappa shape index (κ3) is 4.70. The highest BCUT2D eigenvalue weighted by molar-refractivity contribution is 6.31. The lowest BCUT2D eigenvalue weighted by atomic mass is 9.93. The number of imide groups is 1. The van der Waals surface area contributed by atoms with E-state index in [-0.39, 0.29) is 37.5 Å². The van der Waals surface area contributed by atoms with Gasteiger partial charge in [-0.3, -0.25) is 19.5 Å². The second-order valence-corrected chi connectivity index (χ2v) is 8.11. The summed E-state index contributed by atoms with van der Waals surface area (Å²) in [4.78, 5) is 45.7. The van der Waals surface area contributed by atoms with E-state index >= 15 is 0 Å². The Hall–Kier alpha value is -2.97. The van der Waals surface area contributed by atoms with Crippen molar-refractivity contribution in [2.75, 3.05) is 13.1 Å². The van der Waals surface area contributed by atoms with Crippen LogP contribution in [0.3, 0.4) is 0 Å². The van der Waals surface area contributed by atoms with E-state index in [0.29, 0.717) is 18.0 Å². The SMILES string of the molecule is O=C(CN1C(=O)N(Cc2cccnc2)C(=O)C2NCCCC21)NCc1ccccc1Cl. The van der Waals surface area contributed by atoms with Crippen molar-refractivity contribution in [2.24, 2.45) is 0 Å². The Bertz CT molecular complexity index is 971. The van der Waals surface area contributed by atoms with Gasteiger partial charge in [-0.05, 0) is 42.6 Å². The number of carbonyl (C=O) groups excluding carboxylic acids is 3. The molecule has 2 unspecified atom stereocenters. The fourth-order valence-electron chi connectivity index (χ4n) is 4.07. The first-order chi connectivity index (χ1) is 15.0. The van der Waals surface area contributed by atoms with E-state index < -0.39 is 12.1 Å². The smallest absolute Gasteiger partial charge is 0.327 e. The van der Waals surface area contributed by atoms with Crippen LogP contribution in [0.2, 0.25) is 5.02 Å². The van der Waals surface area contributed by atoms with Crippen LogP contribution in [0.1, 0.15) is 24.0 Å². The molecule has 0 saturated carbocycles. The predicted octanol–water partition coefficient (Wildman–Crippen LogP) is 1.94. The second kappa shape index (κ2) is 9.45. The Balaban J connectivity index is 1.48. The summed E-state index contributed by atoms with van der Waals surface area (Å²) in [5, 5.41) is 6.62. The van der Waals surface area contributed by atoms with Crippen molar-refractivity contribution >= 4 is 29.4 Å². The van der Waals surface area contributed by atoms with Crippen LogP contribution in [0.15, 0.2) is 48.8 Å². The maximum Gasteiger partial charge on any atom is 0.327 e. The minimum atomic E-state index is -0.514. The van der Waals surface area contributed by atoms with E-state index in [1.807, 2.05) is 24.3 Å². The van der Waals surface area contributed by atoms with Gasteiger partial charge in [0.1, 0.15) is 12.6 Å². The number of pyridine rings is 1. The summed E-state index contributed by atoms with van der Waals surface area (Å²) in [6.07, 6.45) is 4.77. The first kappa shape index (κ1) is 21.3. The highest BCUT2D eigenvalue weighted by Gasteiger charge is 2.47. The molecule has 2 aliphatic heterocycles. The number of halogens is 1. The van der Waals surface area contributed by atoms with Gasteiger partial charge in [0, 0.05) is 24.0 Å². The third-order valence-corrected chi connectivity index (χ3v) is 6.01. The number of hydrogen-bond acceptors (Lipinski definition) is 5. The number of aromatic nitrogens is 1. The standard InChI is InChI=1S/C22H24ClN5O3/c23-17-7-2-1-6-16(17)12-26-19(29)14-27-18-8-4-10-25-20(18)21(30)28(22(27)31)13-15-5-3-9-24-11-15/h1-3,5-7,9,11,18,20,25H,4,8,10,12-14H2,(H,26,29). The molecular weight excluding hydrogens is 418 g/mol. The Labute approximate surface area is 185 Å². The van der Waals surface area contributed by atoms with Crippen molar-refractivity contribution in [1.29, 1.82) is 0 Å². The highest BCUT2D eigenvalue weighted by atomic mass is 35.5. The van der Waals surface area contributed by atoms with Crippen molar-refractivity contribution in [1.82, 2.24) is 25.4 Å². The Morgan fingerprint density at radius 2 is 2.06 bits per heavy atom. The van der Waals surface area contributed by atoms with Gasteiger partial charge < -0.3 is 15.5 Å². The van der Waals surface area contributed by atoms with E-state index in [2.05, 4.69) is 15.6 Å². The summed E-state index contributed by atoms with van der Waals surface area (Å²) in [5.41, 5.74) is 1.55. The fraction of sp³-hybridized carbons (Fsp3) is 0.364. The molecule has 8 nitrogen and oxygen atoms in total. The van der Waals surface area contributed by atoms with Gasteiger partial charge in [-0.1, -0.05) is 35.9 Å². The molecule has 3 heterocycles. The van der Waals surface area contributed by atoms with Crippen LogP contribution in [0.5, 0.6) is 0 Å². The molecule has 9 heteroatoms. The zero-order chi connectivity index (χ0) is 21.8. The number of nitrogens with zero attached hydrogens (tertiary/aromatic N) is 3. The number of benzene rings is 1. The molecule has 0 bridgehead atoms. The molecule has 4 rings (SSSR count). The molecule has 1 aromatic heterocycles. The monoisotopic (exact) mass is 441 g/mol. The van der Waals surface area contributed by atoms with Gasteiger partial charge in [-0.25, -0.2) is 4.79 Å². The largest absolute Gasteiger partial charge is 0.350 e. The molecule has 162 valence electrons.